The normalized spacial score (nSPS) is 54.3. The van der Waals surface area contributed by atoms with Crippen molar-refractivity contribution in [2.24, 2.45) is 34.5 Å². The molecule has 0 heterocycles. The Bertz CT molecular complexity index is 536. The van der Waals surface area contributed by atoms with Crippen molar-refractivity contribution < 1.29 is 9.90 Å². The number of aliphatic hydroxyl groups excluding tert-OH is 1. The summed E-state index contributed by atoms with van der Waals surface area (Å²) in [4.78, 5) is 11.9. The van der Waals surface area contributed by atoms with E-state index in [9.17, 15) is 9.90 Å². The second kappa shape index (κ2) is 4.69. The van der Waals surface area contributed by atoms with Crippen LogP contribution in [0, 0.1) is 34.5 Å². The maximum atomic E-state index is 11.9. The average Bonchev–Trinajstić information content (AvgIpc) is 2.77. The van der Waals surface area contributed by atoms with Crippen molar-refractivity contribution in [3.8, 4) is 0 Å². The Morgan fingerprint density at radius 2 is 1.91 bits per heavy atom. The van der Waals surface area contributed by atoms with E-state index in [0.29, 0.717) is 17.6 Å². The third-order valence-electron chi connectivity index (χ3n) is 8.26. The van der Waals surface area contributed by atoms with Gasteiger partial charge in [-0.3, -0.25) is 4.79 Å². The van der Waals surface area contributed by atoms with E-state index >= 15 is 0 Å². The fourth-order valence-corrected chi connectivity index (χ4v) is 6.88. The second-order valence-electron chi connectivity index (χ2n) is 9.16. The molecule has 0 aromatic carbocycles. The van der Waals surface area contributed by atoms with E-state index in [2.05, 4.69) is 20.8 Å². The van der Waals surface area contributed by atoms with Crippen molar-refractivity contribution in [2.45, 2.75) is 71.8 Å². The molecule has 7 atom stereocenters. The Balaban J connectivity index is 1.74. The predicted molar refractivity (Wildman–Crippen MR) is 87.3 cm³/mol. The highest BCUT2D eigenvalue weighted by molar-refractivity contribution is 5.91. The van der Waals surface area contributed by atoms with Gasteiger partial charge in [-0.15, -0.1) is 0 Å². The summed E-state index contributed by atoms with van der Waals surface area (Å²) < 4.78 is 0. The maximum Gasteiger partial charge on any atom is 0.155 e. The van der Waals surface area contributed by atoms with Crippen LogP contribution in [0.2, 0.25) is 0 Å². The minimum Gasteiger partial charge on any atom is -0.393 e. The second-order valence-corrected chi connectivity index (χ2v) is 9.16. The third-order valence-corrected chi connectivity index (χ3v) is 8.26. The van der Waals surface area contributed by atoms with Crippen LogP contribution in [0.15, 0.2) is 11.6 Å². The summed E-state index contributed by atoms with van der Waals surface area (Å²) in [6, 6.07) is 0. The molecule has 0 bridgehead atoms. The Hall–Kier alpha value is -0.630. The topological polar surface area (TPSA) is 37.3 Å². The van der Waals surface area contributed by atoms with Crippen molar-refractivity contribution in [1.29, 1.82) is 0 Å². The summed E-state index contributed by atoms with van der Waals surface area (Å²) >= 11 is 0. The first-order valence-corrected chi connectivity index (χ1v) is 9.28. The molecule has 0 spiro atoms. The number of hydrogen-bond acceptors (Lipinski definition) is 2. The molecule has 1 N–H and O–H groups in total. The van der Waals surface area contributed by atoms with Crippen LogP contribution in [-0.2, 0) is 4.79 Å². The SMILES string of the molecule is C[C@H]1CC2=CC(=O)CC[C@]2(C)[C@H]2CC[C@]3(C)[C@@H](O)CC[C@H]3[C@H]12. The van der Waals surface area contributed by atoms with Crippen LogP contribution in [0.25, 0.3) is 0 Å². The van der Waals surface area contributed by atoms with Crippen LogP contribution in [0.3, 0.4) is 0 Å². The maximum absolute atomic E-state index is 11.9. The van der Waals surface area contributed by atoms with E-state index < -0.39 is 0 Å². The minimum absolute atomic E-state index is 0.0941. The summed E-state index contributed by atoms with van der Waals surface area (Å²) in [6.07, 6.45) is 9.40. The van der Waals surface area contributed by atoms with E-state index in [1.807, 2.05) is 6.08 Å². The molecule has 122 valence electrons. The van der Waals surface area contributed by atoms with Gasteiger partial charge in [0.05, 0.1) is 6.10 Å². The van der Waals surface area contributed by atoms with Gasteiger partial charge in [-0.05, 0) is 79.1 Å². The third kappa shape index (κ3) is 1.79. The summed E-state index contributed by atoms with van der Waals surface area (Å²) in [5, 5.41) is 10.5. The summed E-state index contributed by atoms with van der Waals surface area (Å²) in [6.45, 7) is 7.17. The molecule has 0 unspecified atom stereocenters. The van der Waals surface area contributed by atoms with Gasteiger partial charge in [0.2, 0.25) is 0 Å². The molecule has 0 aromatic rings. The molecule has 0 aliphatic heterocycles. The van der Waals surface area contributed by atoms with Crippen molar-refractivity contribution in [3.05, 3.63) is 11.6 Å². The fraction of sp³-hybridized carbons (Fsp3) is 0.850. The van der Waals surface area contributed by atoms with Gasteiger partial charge in [0.15, 0.2) is 5.78 Å². The lowest BCUT2D eigenvalue weighted by Crippen LogP contribution is -2.53. The quantitative estimate of drug-likeness (QED) is 0.730. The van der Waals surface area contributed by atoms with E-state index in [0.717, 1.165) is 37.5 Å². The summed E-state index contributed by atoms with van der Waals surface area (Å²) in [5.74, 6) is 3.15. The monoisotopic (exact) mass is 302 g/mol. The number of aliphatic hydroxyl groups is 1. The smallest absolute Gasteiger partial charge is 0.155 e. The molecule has 0 saturated heterocycles. The lowest BCUT2D eigenvalue weighted by molar-refractivity contribution is -0.119. The van der Waals surface area contributed by atoms with Gasteiger partial charge < -0.3 is 5.11 Å². The molecule has 2 heteroatoms. The molecular weight excluding hydrogens is 272 g/mol. The van der Waals surface area contributed by atoms with Gasteiger partial charge in [-0.1, -0.05) is 26.3 Å². The number of allylic oxidation sites excluding steroid dienone is 1. The highest BCUT2D eigenvalue weighted by Gasteiger charge is 2.60. The van der Waals surface area contributed by atoms with Crippen LogP contribution in [0.5, 0.6) is 0 Å². The minimum atomic E-state index is -0.0941. The highest BCUT2D eigenvalue weighted by atomic mass is 16.3. The van der Waals surface area contributed by atoms with Crippen molar-refractivity contribution in [3.63, 3.8) is 0 Å². The van der Waals surface area contributed by atoms with E-state index in [-0.39, 0.29) is 16.9 Å². The van der Waals surface area contributed by atoms with Gasteiger partial charge in [-0.2, -0.15) is 0 Å². The number of rotatable bonds is 0. The van der Waals surface area contributed by atoms with Gasteiger partial charge in [-0.25, -0.2) is 0 Å². The number of carbonyl (C=O) groups is 1. The Kier molecular flexibility index (Phi) is 3.18. The Labute approximate surface area is 134 Å². The van der Waals surface area contributed by atoms with Gasteiger partial charge in [0.1, 0.15) is 0 Å². The molecule has 22 heavy (non-hydrogen) atoms. The van der Waals surface area contributed by atoms with E-state index in [1.54, 1.807) is 0 Å². The molecule has 0 radical (unpaired) electrons. The fourth-order valence-electron chi connectivity index (χ4n) is 6.88. The lowest BCUT2D eigenvalue weighted by atomic mass is 9.45. The van der Waals surface area contributed by atoms with Crippen molar-refractivity contribution in [1.82, 2.24) is 0 Å². The zero-order valence-corrected chi connectivity index (χ0v) is 14.3. The van der Waals surface area contributed by atoms with Crippen LogP contribution >= 0.6 is 0 Å². The Morgan fingerprint density at radius 3 is 2.68 bits per heavy atom. The summed E-state index contributed by atoms with van der Waals surface area (Å²) in [5.41, 5.74) is 1.84. The first-order valence-electron chi connectivity index (χ1n) is 9.28. The van der Waals surface area contributed by atoms with Crippen LogP contribution < -0.4 is 0 Å². The molecule has 4 aliphatic rings. The number of fused-ring (bicyclic) bond motifs is 5. The molecule has 0 amide bonds. The first kappa shape index (κ1) is 14.9. The molecule has 3 saturated carbocycles. The molecular formula is C20H30O2. The van der Waals surface area contributed by atoms with Gasteiger partial charge >= 0.3 is 0 Å². The largest absolute Gasteiger partial charge is 0.393 e. The zero-order chi connectivity index (χ0) is 15.7. The number of ketones is 1. The van der Waals surface area contributed by atoms with Gasteiger partial charge in [0, 0.05) is 6.42 Å². The first-order chi connectivity index (χ1) is 10.4. The van der Waals surface area contributed by atoms with E-state index in [4.69, 9.17) is 0 Å². The van der Waals surface area contributed by atoms with Crippen LogP contribution in [-0.4, -0.2) is 17.0 Å². The molecule has 4 rings (SSSR count). The Morgan fingerprint density at radius 1 is 1.14 bits per heavy atom. The van der Waals surface area contributed by atoms with Gasteiger partial charge in [0.25, 0.3) is 0 Å². The zero-order valence-electron chi connectivity index (χ0n) is 14.3. The molecule has 2 nitrogen and oxygen atoms in total. The average molecular weight is 302 g/mol. The molecule has 0 aromatic heterocycles. The highest BCUT2D eigenvalue weighted by Crippen LogP contribution is 2.66. The van der Waals surface area contributed by atoms with Crippen molar-refractivity contribution in [2.75, 3.05) is 0 Å². The number of carbonyl (C=O) groups excluding carboxylic acids is 1. The van der Waals surface area contributed by atoms with Crippen LogP contribution in [0.1, 0.15) is 65.7 Å². The standard InChI is InChI=1S/C20H30O2/c1-12-10-13-11-14(21)6-8-19(13,2)16-7-9-20(3)15(18(12)16)4-5-17(20)22/h11-12,15-18,22H,4-10H2,1-3H3/t12-,15-,16-,17-,18-,19-,20-/m0/s1. The lowest BCUT2D eigenvalue weighted by Gasteiger charge is -2.59. The number of hydrogen-bond donors (Lipinski definition) is 1. The predicted octanol–water partition coefficient (Wildman–Crippen LogP) is 4.13. The molecule has 4 aliphatic carbocycles. The van der Waals surface area contributed by atoms with Crippen LogP contribution in [0.4, 0.5) is 0 Å². The molecule has 3 fully saturated rings. The summed E-state index contributed by atoms with van der Waals surface area (Å²) in [7, 11) is 0. The van der Waals surface area contributed by atoms with Crippen molar-refractivity contribution >= 4 is 5.78 Å². The van der Waals surface area contributed by atoms with E-state index in [1.165, 1.54) is 24.8 Å².